The Kier molecular flexibility index (Phi) is 9.33. The number of nitrogens with zero attached hydrogens (tertiary/aromatic N) is 1. The summed E-state index contributed by atoms with van der Waals surface area (Å²) in [6.07, 6.45) is 0. The SMILES string of the molecule is C[C@H](NC(=O)C(CO)NS(=O)(=O)Cc1ccccc1)C(=O)NCc1ccc(N=C(N)N)cc1. The summed E-state index contributed by atoms with van der Waals surface area (Å²) in [5, 5.41) is 14.6. The standard InChI is InChI=1S/C21H28N6O5S/c1-14(19(29)24-11-15-7-9-17(10-8-15)26-21(22)23)25-20(30)18(12-28)27-33(31,32)13-16-5-3-2-4-6-16/h2-10,14,18,27-28H,11-13H2,1H3,(H,24,29)(H,25,30)(H4,22,23,26)/t14-,18?/m0/s1. The van der Waals surface area contributed by atoms with E-state index in [9.17, 15) is 23.1 Å². The molecule has 0 aromatic heterocycles. The number of aliphatic hydroxyl groups excluding tert-OH is 1. The number of carbonyl (C=O) groups excluding carboxylic acids is 2. The van der Waals surface area contributed by atoms with Crippen LogP contribution < -0.4 is 26.8 Å². The third-order valence-electron chi connectivity index (χ3n) is 4.43. The average molecular weight is 477 g/mol. The maximum atomic E-state index is 12.4. The van der Waals surface area contributed by atoms with Gasteiger partial charge in [0.15, 0.2) is 5.96 Å². The van der Waals surface area contributed by atoms with E-state index < -0.39 is 40.5 Å². The Morgan fingerprint density at radius 3 is 2.21 bits per heavy atom. The van der Waals surface area contributed by atoms with Gasteiger partial charge in [-0.3, -0.25) is 9.59 Å². The summed E-state index contributed by atoms with van der Waals surface area (Å²) < 4.78 is 26.8. The maximum Gasteiger partial charge on any atom is 0.242 e. The van der Waals surface area contributed by atoms with E-state index in [0.717, 1.165) is 5.56 Å². The fourth-order valence-corrected chi connectivity index (χ4v) is 4.11. The Balaban J connectivity index is 1.87. The van der Waals surface area contributed by atoms with Crippen molar-refractivity contribution in [2.45, 2.75) is 31.3 Å². The molecule has 2 aromatic rings. The second-order valence-electron chi connectivity index (χ2n) is 7.25. The molecule has 2 rings (SSSR count). The first kappa shape index (κ1) is 25.8. The number of guanidine groups is 1. The van der Waals surface area contributed by atoms with Gasteiger partial charge in [-0.05, 0) is 30.2 Å². The Morgan fingerprint density at radius 2 is 1.64 bits per heavy atom. The normalized spacial score (nSPS) is 12.9. The topological polar surface area (TPSA) is 189 Å². The molecule has 2 aromatic carbocycles. The minimum absolute atomic E-state index is 0.0656. The number of carbonyl (C=O) groups is 2. The van der Waals surface area contributed by atoms with E-state index in [2.05, 4.69) is 20.3 Å². The lowest BCUT2D eigenvalue weighted by Gasteiger charge is -2.19. The van der Waals surface area contributed by atoms with Gasteiger partial charge in [0, 0.05) is 6.54 Å². The number of benzene rings is 2. The Hall–Kier alpha value is -3.48. The summed E-state index contributed by atoms with van der Waals surface area (Å²) in [5.74, 6) is -1.72. The van der Waals surface area contributed by atoms with Gasteiger partial charge in [0.2, 0.25) is 21.8 Å². The van der Waals surface area contributed by atoms with Crippen molar-refractivity contribution < 1.29 is 23.1 Å². The molecule has 0 aliphatic rings. The van der Waals surface area contributed by atoms with Gasteiger partial charge < -0.3 is 27.2 Å². The van der Waals surface area contributed by atoms with Gasteiger partial charge in [0.1, 0.15) is 12.1 Å². The van der Waals surface area contributed by atoms with E-state index in [1.807, 2.05) is 0 Å². The predicted molar refractivity (Wildman–Crippen MR) is 124 cm³/mol. The molecule has 178 valence electrons. The molecule has 0 aliphatic heterocycles. The fraction of sp³-hybridized carbons (Fsp3) is 0.286. The zero-order valence-corrected chi connectivity index (χ0v) is 18.9. The summed E-state index contributed by atoms with van der Waals surface area (Å²) in [5.41, 5.74) is 12.5. The quantitative estimate of drug-likeness (QED) is 0.181. The molecule has 0 saturated heterocycles. The van der Waals surface area contributed by atoms with Crippen LogP contribution in [0.25, 0.3) is 0 Å². The van der Waals surface area contributed by atoms with E-state index in [1.54, 1.807) is 54.6 Å². The highest BCUT2D eigenvalue weighted by atomic mass is 32.2. The molecule has 2 amide bonds. The van der Waals surface area contributed by atoms with Gasteiger partial charge >= 0.3 is 0 Å². The number of sulfonamides is 1. The molecule has 1 unspecified atom stereocenters. The van der Waals surface area contributed by atoms with Crippen LogP contribution in [0.1, 0.15) is 18.1 Å². The smallest absolute Gasteiger partial charge is 0.242 e. The van der Waals surface area contributed by atoms with E-state index in [-0.39, 0.29) is 18.3 Å². The highest BCUT2D eigenvalue weighted by Gasteiger charge is 2.26. The molecular weight excluding hydrogens is 448 g/mol. The fourth-order valence-electron chi connectivity index (χ4n) is 2.78. The van der Waals surface area contributed by atoms with Crippen molar-refractivity contribution >= 4 is 33.5 Å². The molecule has 11 nitrogen and oxygen atoms in total. The Bertz CT molecular complexity index is 1070. The summed E-state index contributed by atoms with van der Waals surface area (Å²) in [6.45, 7) is 0.868. The molecular formula is C21H28N6O5S. The molecule has 0 heterocycles. The molecule has 12 heteroatoms. The number of aliphatic imine (C=N–C) groups is 1. The molecule has 2 atom stereocenters. The lowest BCUT2D eigenvalue weighted by molar-refractivity contribution is -0.130. The van der Waals surface area contributed by atoms with Crippen LogP contribution in [-0.2, 0) is 31.9 Å². The van der Waals surface area contributed by atoms with Gasteiger partial charge in [-0.1, -0.05) is 42.5 Å². The number of aliphatic hydroxyl groups is 1. The van der Waals surface area contributed by atoms with E-state index in [1.165, 1.54) is 6.92 Å². The third-order valence-corrected chi connectivity index (χ3v) is 5.79. The molecule has 0 bridgehead atoms. The Labute approximate surface area is 192 Å². The zero-order valence-electron chi connectivity index (χ0n) is 18.1. The number of amides is 2. The van der Waals surface area contributed by atoms with Crippen molar-refractivity contribution in [1.82, 2.24) is 15.4 Å². The van der Waals surface area contributed by atoms with Crippen LogP contribution in [-0.4, -0.2) is 50.0 Å². The second kappa shape index (κ2) is 11.9. The number of rotatable bonds is 11. The Morgan fingerprint density at radius 1 is 1.00 bits per heavy atom. The molecule has 0 radical (unpaired) electrons. The van der Waals surface area contributed by atoms with Crippen LogP contribution in [0.2, 0.25) is 0 Å². The first-order valence-corrected chi connectivity index (χ1v) is 11.7. The molecule has 0 fully saturated rings. The summed E-state index contributed by atoms with van der Waals surface area (Å²) in [6, 6.07) is 12.8. The van der Waals surface area contributed by atoms with Gasteiger partial charge in [-0.2, -0.15) is 0 Å². The lowest BCUT2D eigenvalue weighted by atomic mass is 10.2. The van der Waals surface area contributed by atoms with Crippen LogP contribution in [0.5, 0.6) is 0 Å². The molecule has 0 saturated carbocycles. The summed E-state index contributed by atoms with van der Waals surface area (Å²) in [7, 11) is -3.90. The van der Waals surface area contributed by atoms with Gasteiger partial charge in [-0.25, -0.2) is 18.1 Å². The van der Waals surface area contributed by atoms with Crippen LogP contribution in [0.4, 0.5) is 5.69 Å². The number of nitrogens with one attached hydrogen (secondary N) is 3. The van der Waals surface area contributed by atoms with Gasteiger partial charge in [0.25, 0.3) is 0 Å². The number of hydrogen-bond acceptors (Lipinski definition) is 6. The zero-order chi connectivity index (χ0) is 24.4. The summed E-state index contributed by atoms with van der Waals surface area (Å²) in [4.78, 5) is 28.6. The minimum atomic E-state index is -3.90. The van der Waals surface area contributed by atoms with Crippen LogP contribution in [0, 0.1) is 0 Å². The van der Waals surface area contributed by atoms with Crippen LogP contribution in [0.3, 0.4) is 0 Å². The third kappa shape index (κ3) is 8.88. The maximum absolute atomic E-state index is 12.4. The molecule has 0 spiro atoms. The monoisotopic (exact) mass is 476 g/mol. The van der Waals surface area contributed by atoms with Crippen LogP contribution >= 0.6 is 0 Å². The van der Waals surface area contributed by atoms with Crippen molar-refractivity contribution in [3.05, 3.63) is 65.7 Å². The molecule has 8 N–H and O–H groups in total. The molecule has 33 heavy (non-hydrogen) atoms. The number of nitrogens with two attached hydrogens (primary N) is 2. The summed E-state index contributed by atoms with van der Waals surface area (Å²) >= 11 is 0. The van der Waals surface area contributed by atoms with Crippen LogP contribution in [0.15, 0.2) is 59.6 Å². The second-order valence-corrected chi connectivity index (χ2v) is 9.00. The minimum Gasteiger partial charge on any atom is -0.394 e. The van der Waals surface area contributed by atoms with Gasteiger partial charge in [-0.15, -0.1) is 0 Å². The van der Waals surface area contributed by atoms with Crippen molar-refractivity contribution in [1.29, 1.82) is 0 Å². The predicted octanol–water partition coefficient (Wildman–Crippen LogP) is -0.807. The number of hydrogen-bond donors (Lipinski definition) is 6. The molecule has 0 aliphatic carbocycles. The van der Waals surface area contributed by atoms with Crippen molar-refractivity contribution in [2.75, 3.05) is 6.61 Å². The lowest BCUT2D eigenvalue weighted by Crippen LogP contribution is -2.54. The van der Waals surface area contributed by atoms with Crippen molar-refractivity contribution in [2.24, 2.45) is 16.5 Å². The van der Waals surface area contributed by atoms with Crippen molar-refractivity contribution in [3.63, 3.8) is 0 Å². The average Bonchev–Trinajstić information content (AvgIpc) is 2.76. The largest absolute Gasteiger partial charge is 0.394 e. The van der Waals surface area contributed by atoms with Gasteiger partial charge in [0.05, 0.1) is 18.0 Å². The first-order chi connectivity index (χ1) is 15.6. The van der Waals surface area contributed by atoms with E-state index >= 15 is 0 Å². The first-order valence-electron chi connectivity index (χ1n) is 10.0. The highest BCUT2D eigenvalue weighted by Crippen LogP contribution is 2.12. The van der Waals surface area contributed by atoms with E-state index in [0.29, 0.717) is 11.3 Å². The van der Waals surface area contributed by atoms with Crippen molar-refractivity contribution in [3.8, 4) is 0 Å². The van der Waals surface area contributed by atoms with E-state index in [4.69, 9.17) is 11.5 Å². The highest BCUT2D eigenvalue weighted by molar-refractivity contribution is 7.88.